The van der Waals surface area contributed by atoms with Crippen LogP contribution >= 0.6 is 0 Å². The monoisotopic (exact) mass is 201 g/mol. The van der Waals surface area contributed by atoms with Gasteiger partial charge in [-0.05, 0) is 24.1 Å². The van der Waals surface area contributed by atoms with Crippen molar-refractivity contribution in [3.8, 4) is 0 Å². The molecule has 1 aromatic carbocycles. The van der Waals surface area contributed by atoms with E-state index in [1.54, 1.807) is 6.20 Å². The molecule has 2 rings (SSSR count). The lowest BCUT2D eigenvalue weighted by molar-refractivity contribution is 0.796. The van der Waals surface area contributed by atoms with Crippen LogP contribution in [-0.2, 0) is 13.0 Å². The fraction of sp³-hybridized carbons (Fsp3) is 0.250. The van der Waals surface area contributed by atoms with Gasteiger partial charge in [0, 0.05) is 18.9 Å². The minimum absolute atomic E-state index is 0.709. The molecule has 1 heterocycles. The summed E-state index contributed by atoms with van der Waals surface area (Å²) in [4.78, 5) is 4.01. The van der Waals surface area contributed by atoms with Crippen LogP contribution in [0.1, 0.15) is 11.1 Å². The summed E-state index contributed by atoms with van der Waals surface area (Å²) in [6.07, 6.45) is 6.54. The normalized spacial score (nSPS) is 10.5. The van der Waals surface area contributed by atoms with Crippen molar-refractivity contribution in [2.75, 3.05) is 6.54 Å². The average Bonchev–Trinajstić information content (AvgIpc) is 2.74. The molecule has 0 bridgehead atoms. The summed E-state index contributed by atoms with van der Waals surface area (Å²) in [6, 6.07) is 8.56. The van der Waals surface area contributed by atoms with E-state index in [9.17, 15) is 0 Å². The van der Waals surface area contributed by atoms with E-state index in [2.05, 4.69) is 33.8 Å². The Kier molecular flexibility index (Phi) is 3.15. The quantitative estimate of drug-likeness (QED) is 0.813. The molecular formula is C12H15N3. The maximum Gasteiger partial charge on any atom is 0.0949 e. The number of aromatic nitrogens is 2. The van der Waals surface area contributed by atoms with E-state index < -0.39 is 0 Å². The Morgan fingerprint density at radius 2 is 1.87 bits per heavy atom. The number of hydrogen-bond donors (Lipinski definition) is 1. The van der Waals surface area contributed by atoms with E-state index in [-0.39, 0.29) is 0 Å². The second-order valence-electron chi connectivity index (χ2n) is 3.59. The number of hydrogen-bond acceptors (Lipinski definition) is 2. The van der Waals surface area contributed by atoms with Crippen molar-refractivity contribution in [2.24, 2.45) is 5.73 Å². The third-order valence-electron chi connectivity index (χ3n) is 2.38. The highest BCUT2D eigenvalue weighted by Gasteiger charge is 1.95. The van der Waals surface area contributed by atoms with Crippen LogP contribution < -0.4 is 5.73 Å². The minimum Gasteiger partial charge on any atom is -0.333 e. The molecule has 0 atom stereocenters. The first-order valence-corrected chi connectivity index (χ1v) is 5.12. The molecule has 2 aromatic rings. The van der Waals surface area contributed by atoms with E-state index in [1.807, 2.05) is 12.5 Å². The van der Waals surface area contributed by atoms with Crippen molar-refractivity contribution in [3.63, 3.8) is 0 Å². The second-order valence-corrected chi connectivity index (χ2v) is 3.59. The third-order valence-corrected chi connectivity index (χ3v) is 2.38. The Morgan fingerprint density at radius 3 is 2.47 bits per heavy atom. The average molecular weight is 201 g/mol. The van der Waals surface area contributed by atoms with Crippen molar-refractivity contribution in [2.45, 2.75) is 13.0 Å². The molecule has 0 saturated heterocycles. The lowest BCUT2D eigenvalue weighted by Gasteiger charge is -2.04. The molecular weight excluding hydrogens is 186 g/mol. The molecule has 78 valence electrons. The molecule has 0 aliphatic heterocycles. The molecule has 0 amide bonds. The maximum absolute atomic E-state index is 5.50. The molecule has 0 aliphatic rings. The van der Waals surface area contributed by atoms with Crippen LogP contribution in [0, 0.1) is 0 Å². The molecule has 1 aromatic heterocycles. The highest BCUT2D eigenvalue weighted by Crippen LogP contribution is 2.06. The Hall–Kier alpha value is -1.61. The van der Waals surface area contributed by atoms with Gasteiger partial charge in [0.1, 0.15) is 0 Å². The summed E-state index contributed by atoms with van der Waals surface area (Å²) in [5.74, 6) is 0. The Balaban J connectivity index is 2.04. The Morgan fingerprint density at radius 1 is 1.13 bits per heavy atom. The predicted molar refractivity (Wildman–Crippen MR) is 60.5 cm³/mol. The highest BCUT2D eigenvalue weighted by molar-refractivity contribution is 5.23. The van der Waals surface area contributed by atoms with E-state index in [1.165, 1.54) is 11.1 Å². The molecule has 0 aliphatic carbocycles. The molecule has 3 heteroatoms. The maximum atomic E-state index is 5.50. The Labute approximate surface area is 89.6 Å². The largest absolute Gasteiger partial charge is 0.333 e. The minimum atomic E-state index is 0.709. The molecule has 0 spiro atoms. The lowest BCUT2D eigenvalue weighted by Crippen LogP contribution is -2.03. The fourth-order valence-corrected chi connectivity index (χ4v) is 1.57. The van der Waals surface area contributed by atoms with Crippen LogP contribution in [0.15, 0.2) is 43.0 Å². The summed E-state index contributed by atoms with van der Waals surface area (Å²) < 4.78 is 2.05. The van der Waals surface area contributed by atoms with Crippen molar-refractivity contribution >= 4 is 0 Å². The first-order chi connectivity index (χ1) is 7.38. The van der Waals surface area contributed by atoms with Gasteiger partial charge in [-0.15, -0.1) is 0 Å². The van der Waals surface area contributed by atoms with E-state index in [0.29, 0.717) is 6.54 Å². The Bertz CT molecular complexity index is 389. The summed E-state index contributed by atoms with van der Waals surface area (Å²) in [5.41, 5.74) is 8.08. The first-order valence-electron chi connectivity index (χ1n) is 5.12. The number of imidazole rings is 1. The smallest absolute Gasteiger partial charge is 0.0949 e. The summed E-state index contributed by atoms with van der Waals surface area (Å²) in [6.45, 7) is 1.59. The van der Waals surface area contributed by atoms with E-state index >= 15 is 0 Å². The second kappa shape index (κ2) is 4.75. The zero-order valence-electron chi connectivity index (χ0n) is 8.63. The number of nitrogens with zero attached hydrogens (tertiary/aromatic N) is 2. The molecule has 2 N–H and O–H groups in total. The molecule has 3 nitrogen and oxygen atoms in total. The van der Waals surface area contributed by atoms with Crippen molar-refractivity contribution in [1.82, 2.24) is 9.55 Å². The lowest BCUT2D eigenvalue weighted by atomic mass is 10.1. The van der Waals surface area contributed by atoms with Crippen LogP contribution in [0.5, 0.6) is 0 Å². The van der Waals surface area contributed by atoms with Gasteiger partial charge >= 0.3 is 0 Å². The molecule has 0 radical (unpaired) electrons. The SMILES string of the molecule is NCCc1ccc(Cn2ccnc2)cc1. The van der Waals surface area contributed by atoms with E-state index in [0.717, 1.165) is 13.0 Å². The topological polar surface area (TPSA) is 43.8 Å². The molecule has 0 fully saturated rings. The van der Waals surface area contributed by atoms with Gasteiger partial charge in [0.15, 0.2) is 0 Å². The zero-order valence-corrected chi connectivity index (χ0v) is 8.63. The van der Waals surface area contributed by atoms with Crippen LogP contribution in [0.3, 0.4) is 0 Å². The van der Waals surface area contributed by atoms with Crippen LogP contribution in [0.25, 0.3) is 0 Å². The van der Waals surface area contributed by atoms with Crippen molar-refractivity contribution in [3.05, 3.63) is 54.1 Å². The van der Waals surface area contributed by atoms with Gasteiger partial charge in [0.2, 0.25) is 0 Å². The van der Waals surface area contributed by atoms with Gasteiger partial charge in [0.05, 0.1) is 6.33 Å². The predicted octanol–water partition coefficient (Wildman–Crippen LogP) is 1.43. The summed E-state index contributed by atoms with van der Waals surface area (Å²) in [7, 11) is 0. The van der Waals surface area contributed by atoms with Gasteiger partial charge in [-0.2, -0.15) is 0 Å². The molecule has 15 heavy (non-hydrogen) atoms. The van der Waals surface area contributed by atoms with Gasteiger partial charge in [0.25, 0.3) is 0 Å². The first kappa shape index (κ1) is 9.93. The van der Waals surface area contributed by atoms with Gasteiger partial charge in [-0.3, -0.25) is 0 Å². The summed E-state index contributed by atoms with van der Waals surface area (Å²) >= 11 is 0. The molecule has 0 saturated carbocycles. The van der Waals surface area contributed by atoms with E-state index in [4.69, 9.17) is 5.73 Å². The fourth-order valence-electron chi connectivity index (χ4n) is 1.57. The van der Waals surface area contributed by atoms with Crippen LogP contribution in [-0.4, -0.2) is 16.1 Å². The number of nitrogens with two attached hydrogens (primary N) is 1. The number of rotatable bonds is 4. The molecule has 0 unspecified atom stereocenters. The van der Waals surface area contributed by atoms with Crippen molar-refractivity contribution in [1.29, 1.82) is 0 Å². The van der Waals surface area contributed by atoms with Gasteiger partial charge in [-0.25, -0.2) is 4.98 Å². The van der Waals surface area contributed by atoms with Crippen LogP contribution in [0.4, 0.5) is 0 Å². The van der Waals surface area contributed by atoms with Crippen molar-refractivity contribution < 1.29 is 0 Å². The third kappa shape index (κ3) is 2.67. The highest BCUT2D eigenvalue weighted by atomic mass is 15.0. The zero-order chi connectivity index (χ0) is 10.5. The standard InChI is InChI=1S/C12H15N3/c13-6-5-11-1-3-12(4-2-11)9-15-8-7-14-10-15/h1-4,7-8,10H,5-6,9,13H2. The summed E-state index contributed by atoms with van der Waals surface area (Å²) in [5, 5.41) is 0. The van der Waals surface area contributed by atoms with Gasteiger partial charge < -0.3 is 10.3 Å². The number of benzene rings is 1. The van der Waals surface area contributed by atoms with Crippen LogP contribution in [0.2, 0.25) is 0 Å². The van der Waals surface area contributed by atoms with Gasteiger partial charge in [-0.1, -0.05) is 24.3 Å².